The molecule has 1 fully saturated rings. The Kier molecular flexibility index (Phi) is 3.80. The number of halogens is 2. The molecule has 1 aliphatic rings. The molecular weight excluding hydrogens is 375 g/mol. The zero-order valence-corrected chi connectivity index (χ0v) is 14.3. The highest BCUT2D eigenvalue weighted by atomic mass is 79.9. The molecule has 122 valence electrons. The Morgan fingerprint density at radius 2 is 2.12 bits per heavy atom. The Hall–Kier alpha value is -2.28. The van der Waals surface area contributed by atoms with Crippen molar-refractivity contribution in [2.75, 3.05) is 6.54 Å². The van der Waals surface area contributed by atoms with E-state index < -0.39 is 5.82 Å². The van der Waals surface area contributed by atoms with Gasteiger partial charge < -0.3 is 4.90 Å². The van der Waals surface area contributed by atoms with Crippen LogP contribution in [0.1, 0.15) is 35.1 Å². The molecular formula is C17H14BrFN4O. The van der Waals surface area contributed by atoms with Crippen molar-refractivity contribution < 1.29 is 9.18 Å². The van der Waals surface area contributed by atoms with Crippen LogP contribution in [0.15, 0.2) is 47.1 Å². The molecule has 0 bridgehead atoms. The monoisotopic (exact) mass is 388 g/mol. The van der Waals surface area contributed by atoms with Crippen LogP contribution in [-0.2, 0) is 0 Å². The Labute approximate surface area is 146 Å². The van der Waals surface area contributed by atoms with E-state index >= 15 is 0 Å². The number of fused-ring (bicyclic) bond motifs is 1. The molecule has 0 aliphatic carbocycles. The summed E-state index contributed by atoms with van der Waals surface area (Å²) in [6.07, 6.45) is 3.59. The third kappa shape index (κ3) is 2.58. The number of rotatable bonds is 2. The van der Waals surface area contributed by atoms with Crippen molar-refractivity contribution in [2.24, 2.45) is 0 Å². The average molecular weight is 389 g/mol. The zero-order chi connectivity index (χ0) is 16.7. The number of aromatic nitrogens is 3. The highest BCUT2D eigenvalue weighted by Gasteiger charge is 2.33. The van der Waals surface area contributed by atoms with E-state index in [-0.39, 0.29) is 11.9 Å². The molecule has 24 heavy (non-hydrogen) atoms. The summed E-state index contributed by atoms with van der Waals surface area (Å²) in [5, 5.41) is 8.44. The number of carbonyl (C=O) groups is 1. The van der Waals surface area contributed by atoms with E-state index in [0.717, 1.165) is 24.3 Å². The van der Waals surface area contributed by atoms with Crippen LogP contribution in [0.2, 0.25) is 0 Å². The molecule has 1 amide bonds. The molecule has 0 N–H and O–H groups in total. The molecule has 5 nitrogen and oxygen atoms in total. The van der Waals surface area contributed by atoms with Crippen molar-refractivity contribution in [3.8, 4) is 0 Å². The molecule has 3 heterocycles. The minimum Gasteiger partial charge on any atom is -0.328 e. The molecule has 1 atom stereocenters. The van der Waals surface area contributed by atoms with Crippen molar-refractivity contribution in [1.29, 1.82) is 0 Å². The summed E-state index contributed by atoms with van der Waals surface area (Å²) in [5.74, 6) is 0.119. The highest BCUT2D eigenvalue weighted by molar-refractivity contribution is 9.10. The maximum atomic E-state index is 13.6. The third-order valence-corrected chi connectivity index (χ3v) is 4.72. The number of benzene rings is 1. The summed E-state index contributed by atoms with van der Waals surface area (Å²) >= 11 is 3.24. The summed E-state index contributed by atoms with van der Waals surface area (Å²) in [7, 11) is 0. The fourth-order valence-corrected chi connectivity index (χ4v) is 3.67. The van der Waals surface area contributed by atoms with Crippen LogP contribution in [-0.4, -0.2) is 31.9 Å². The Morgan fingerprint density at radius 1 is 1.25 bits per heavy atom. The normalized spacial score (nSPS) is 17.6. The van der Waals surface area contributed by atoms with E-state index in [1.165, 1.54) is 12.1 Å². The molecule has 1 aliphatic heterocycles. The van der Waals surface area contributed by atoms with Crippen LogP contribution in [0, 0.1) is 5.82 Å². The molecule has 4 rings (SSSR count). The lowest BCUT2D eigenvalue weighted by atomic mass is 10.1. The lowest BCUT2D eigenvalue weighted by Crippen LogP contribution is -2.31. The van der Waals surface area contributed by atoms with Gasteiger partial charge in [-0.25, -0.2) is 4.39 Å². The fraction of sp³-hybridized carbons (Fsp3) is 0.235. The highest BCUT2D eigenvalue weighted by Crippen LogP contribution is 2.32. The van der Waals surface area contributed by atoms with Crippen molar-refractivity contribution in [3.63, 3.8) is 0 Å². The van der Waals surface area contributed by atoms with Crippen LogP contribution < -0.4 is 0 Å². The zero-order valence-electron chi connectivity index (χ0n) is 12.7. The number of carbonyl (C=O) groups excluding carboxylic acids is 1. The van der Waals surface area contributed by atoms with E-state index in [4.69, 9.17) is 0 Å². The number of hydrogen-bond donors (Lipinski definition) is 0. The predicted molar refractivity (Wildman–Crippen MR) is 90.1 cm³/mol. The minimum absolute atomic E-state index is 0.156. The molecule has 1 unspecified atom stereocenters. The van der Waals surface area contributed by atoms with E-state index in [9.17, 15) is 9.18 Å². The van der Waals surface area contributed by atoms with E-state index in [1.807, 2.05) is 28.8 Å². The van der Waals surface area contributed by atoms with Crippen LogP contribution in [0.3, 0.4) is 0 Å². The molecule has 0 spiro atoms. The van der Waals surface area contributed by atoms with Crippen molar-refractivity contribution in [2.45, 2.75) is 18.9 Å². The number of pyridine rings is 1. The van der Waals surface area contributed by atoms with E-state index in [2.05, 4.69) is 26.1 Å². The third-order valence-electron chi connectivity index (χ3n) is 4.26. The Balaban J connectivity index is 1.71. The standard InChI is InChI=1S/C17H14BrFN4O/c18-12-8-11(9-13(19)10-12)17(24)22-7-3-4-14(22)16-21-20-15-5-1-2-6-23(15)16/h1-2,5-6,8-10,14H,3-4,7H2. The van der Waals surface area contributed by atoms with Gasteiger partial charge in [0.15, 0.2) is 11.5 Å². The smallest absolute Gasteiger partial charge is 0.254 e. The first-order valence-electron chi connectivity index (χ1n) is 7.70. The van der Waals surface area contributed by atoms with Crippen LogP contribution in [0.25, 0.3) is 5.65 Å². The first kappa shape index (κ1) is 15.3. The summed E-state index contributed by atoms with van der Waals surface area (Å²) in [6.45, 7) is 0.624. The molecule has 7 heteroatoms. The van der Waals surface area contributed by atoms with E-state index in [1.54, 1.807) is 11.0 Å². The predicted octanol–water partition coefficient (Wildman–Crippen LogP) is 3.61. The van der Waals surface area contributed by atoms with Crippen molar-refractivity contribution >= 4 is 27.5 Å². The van der Waals surface area contributed by atoms with Gasteiger partial charge in [-0.1, -0.05) is 22.0 Å². The largest absolute Gasteiger partial charge is 0.328 e. The number of nitrogens with zero attached hydrogens (tertiary/aromatic N) is 4. The van der Waals surface area contributed by atoms with Gasteiger partial charge in [-0.2, -0.15) is 0 Å². The SMILES string of the molecule is O=C(c1cc(F)cc(Br)c1)N1CCCC1c1nnc2ccccn12. The van der Waals surface area contributed by atoms with Crippen LogP contribution >= 0.6 is 15.9 Å². The van der Waals surface area contributed by atoms with Gasteiger partial charge in [-0.05, 0) is 43.2 Å². The van der Waals surface area contributed by atoms with Gasteiger partial charge >= 0.3 is 0 Å². The van der Waals surface area contributed by atoms with E-state index in [0.29, 0.717) is 16.6 Å². The number of amides is 1. The van der Waals surface area contributed by atoms with Gasteiger partial charge in [0.25, 0.3) is 5.91 Å². The molecule has 0 radical (unpaired) electrons. The van der Waals surface area contributed by atoms with Gasteiger partial charge in [-0.15, -0.1) is 10.2 Å². The summed E-state index contributed by atoms with van der Waals surface area (Å²) in [5.41, 5.74) is 1.09. The number of hydrogen-bond acceptors (Lipinski definition) is 3. The van der Waals surface area contributed by atoms with Gasteiger partial charge in [0, 0.05) is 22.8 Å². The molecule has 1 aromatic carbocycles. The maximum absolute atomic E-state index is 13.6. The lowest BCUT2D eigenvalue weighted by Gasteiger charge is -2.23. The molecule has 3 aromatic rings. The second-order valence-corrected chi connectivity index (χ2v) is 6.72. The second-order valence-electron chi connectivity index (χ2n) is 5.80. The minimum atomic E-state index is -0.434. The lowest BCUT2D eigenvalue weighted by molar-refractivity contribution is 0.0728. The number of likely N-dealkylation sites (tertiary alicyclic amines) is 1. The molecule has 1 saturated heterocycles. The van der Waals surface area contributed by atoms with Gasteiger partial charge in [0.1, 0.15) is 5.82 Å². The maximum Gasteiger partial charge on any atom is 0.254 e. The first-order valence-corrected chi connectivity index (χ1v) is 8.49. The van der Waals surface area contributed by atoms with Crippen molar-refractivity contribution in [3.05, 3.63) is 64.3 Å². The summed E-state index contributed by atoms with van der Waals surface area (Å²) in [6, 6.07) is 9.77. The second kappa shape index (κ2) is 5.98. The average Bonchev–Trinajstić information content (AvgIpc) is 3.19. The first-order chi connectivity index (χ1) is 11.6. The van der Waals surface area contributed by atoms with Gasteiger partial charge in [0.05, 0.1) is 6.04 Å². The summed E-state index contributed by atoms with van der Waals surface area (Å²) < 4.78 is 16.1. The molecule has 2 aromatic heterocycles. The molecule has 0 saturated carbocycles. The summed E-state index contributed by atoms with van der Waals surface area (Å²) in [4.78, 5) is 14.6. The van der Waals surface area contributed by atoms with Gasteiger partial charge in [-0.3, -0.25) is 9.20 Å². The van der Waals surface area contributed by atoms with Crippen LogP contribution in [0.4, 0.5) is 4.39 Å². The Bertz CT molecular complexity index is 906. The quantitative estimate of drug-likeness (QED) is 0.673. The van der Waals surface area contributed by atoms with Gasteiger partial charge in [0.2, 0.25) is 0 Å². The Morgan fingerprint density at radius 3 is 2.96 bits per heavy atom. The van der Waals surface area contributed by atoms with Crippen molar-refractivity contribution in [1.82, 2.24) is 19.5 Å². The van der Waals surface area contributed by atoms with Crippen LogP contribution in [0.5, 0.6) is 0 Å². The topological polar surface area (TPSA) is 50.5 Å². The fourth-order valence-electron chi connectivity index (χ4n) is 3.21.